The van der Waals surface area contributed by atoms with Crippen LogP contribution in [0.25, 0.3) is 0 Å². The van der Waals surface area contributed by atoms with E-state index < -0.39 is 0 Å². The molecule has 1 aromatic rings. The van der Waals surface area contributed by atoms with E-state index in [0.717, 1.165) is 18.8 Å². The van der Waals surface area contributed by atoms with E-state index in [2.05, 4.69) is 23.0 Å². The Morgan fingerprint density at radius 2 is 1.95 bits per heavy atom. The maximum atomic E-state index is 5.90. The average Bonchev–Trinajstić information content (AvgIpc) is 2.86. The molecule has 6 nitrogen and oxygen atoms in total. The van der Waals surface area contributed by atoms with Crippen molar-refractivity contribution in [3.8, 4) is 5.75 Å². The summed E-state index contributed by atoms with van der Waals surface area (Å²) in [5.41, 5.74) is 13.7. The first-order chi connectivity index (χ1) is 9.58. The summed E-state index contributed by atoms with van der Waals surface area (Å²) in [7, 11) is 1.61. The highest BCUT2D eigenvalue weighted by atomic mass is 16.5. The van der Waals surface area contributed by atoms with Crippen molar-refractivity contribution in [3.05, 3.63) is 35.9 Å². The first-order valence-corrected chi connectivity index (χ1v) is 6.31. The Morgan fingerprint density at radius 3 is 2.50 bits per heavy atom. The van der Waals surface area contributed by atoms with Gasteiger partial charge in [-0.2, -0.15) is 4.99 Å². The van der Waals surface area contributed by atoms with Crippen molar-refractivity contribution in [2.45, 2.75) is 6.92 Å². The van der Waals surface area contributed by atoms with Gasteiger partial charge in [0.15, 0.2) is 5.96 Å². The van der Waals surface area contributed by atoms with Crippen LogP contribution in [0, 0.1) is 0 Å². The Labute approximate surface area is 118 Å². The fraction of sp³-hybridized carbons (Fsp3) is 0.286. The number of hydrogen-bond donors (Lipinski definition) is 2. The Bertz CT molecular complexity index is 559. The number of methoxy groups -OCH3 is 1. The number of hydrogen-bond acceptors (Lipinski definition) is 2. The summed E-state index contributed by atoms with van der Waals surface area (Å²) in [6, 6.07) is 7.23. The Hall–Kier alpha value is -2.50. The second kappa shape index (κ2) is 6.10. The van der Waals surface area contributed by atoms with Crippen LogP contribution in [-0.4, -0.2) is 37.0 Å². The van der Waals surface area contributed by atoms with Crippen molar-refractivity contribution >= 4 is 17.6 Å². The Morgan fingerprint density at radius 1 is 1.25 bits per heavy atom. The van der Waals surface area contributed by atoms with E-state index >= 15 is 0 Å². The molecule has 1 aromatic carbocycles. The fourth-order valence-corrected chi connectivity index (χ4v) is 1.87. The van der Waals surface area contributed by atoms with Crippen LogP contribution in [0.15, 0.2) is 45.9 Å². The monoisotopic (exact) mass is 273 g/mol. The number of nitrogens with zero attached hydrogens (tertiary/aromatic N) is 3. The maximum Gasteiger partial charge on any atom is 0.223 e. The molecule has 20 heavy (non-hydrogen) atoms. The quantitative estimate of drug-likeness (QED) is 0.481. The molecule has 0 amide bonds. The minimum absolute atomic E-state index is 0.136. The van der Waals surface area contributed by atoms with Gasteiger partial charge in [0.25, 0.3) is 0 Å². The van der Waals surface area contributed by atoms with Crippen LogP contribution in [0.3, 0.4) is 0 Å². The van der Waals surface area contributed by atoms with E-state index in [0.29, 0.717) is 11.6 Å². The third kappa shape index (κ3) is 3.50. The van der Waals surface area contributed by atoms with E-state index in [-0.39, 0.29) is 5.96 Å². The summed E-state index contributed by atoms with van der Waals surface area (Å²) in [4.78, 5) is 10.2. The van der Waals surface area contributed by atoms with Gasteiger partial charge in [-0.05, 0) is 31.2 Å². The van der Waals surface area contributed by atoms with E-state index in [4.69, 9.17) is 16.2 Å². The Balaban J connectivity index is 2.05. The van der Waals surface area contributed by atoms with Crippen LogP contribution < -0.4 is 16.2 Å². The summed E-state index contributed by atoms with van der Waals surface area (Å²) < 4.78 is 5.08. The highest BCUT2D eigenvalue weighted by Crippen LogP contribution is 2.17. The molecule has 0 unspecified atom stereocenters. The van der Waals surface area contributed by atoms with Crippen molar-refractivity contribution in [1.29, 1.82) is 0 Å². The van der Waals surface area contributed by atoms with E-state index in [1.807, 2.05) is 17.0 Å². The van der Waals surface area contributed by atoms with Crippen LogP contribution in [0.1, 0.15) is 6.92 Å². The lowest BCUT2D eigenvalue weighted by Crippen LogP contribution is -2.37. The predicted molar refractivity (Wildman–Crippen MR) is 81.2 cm³/mol. The van der Waals surface area contributed by atoms with Crippen LogP contribution in [-0.2, 0) is 0 Å². The zero-order valence-corrected chi connectivity index (χ0v) is 11.7. The smallest absolute Gasteiger partial charge is 0.223 e. The minimum Gasteiger partial charge on any atom is -0.497 e. The number of ether oxygens (including phenoxy) is 1. The highest BCUT2D eigenvalue weighted by molar-refractivity contribution is 5.94. The standard InChI is InChI=1S/C14H19N5O/c1-10-7-8-19(9-10)14(16)18-13(15)17-11-3-5-12(20-2)6-4-11/h3-7H,8-9H2,1-2H3,(H4,15,16,17,18). The highest BCUT2D eigenvalue weighted by Gasteiger charge is 2.13. The maximum absolute atomic E-state index is 5.90. The normalized spacial score (nSPS) is 16.3. The lowest BCUT2D eigenvalue weighted by Gasteiger charge is -2.16. The summed E-state index contributed by atoms with van der Waals surface area (Å²) >= 11 is 0. The van der Waals surface area contributed by atoms with Gasteiger partial charge in [0.05, 0.1) is 12.8 Å². The van der Waals surface area contributed by atoms with Crippen molar-refractivity contribution in [1.82, 2.24) is 4.90 Å². The molecular weight excluding hydrogens is 254 g/mol. The molecule has 0 atom stereocenters. The lowest BCUT2D eigenvalue weighted by molar-refractivity contribution is 0.415. The van der Waals surface area contributed by atoms with Crippen LogP contribution in [0.2, 0.25) is 0 Å². The largest absolute Gasteiger partial charge is 0.497 e. The average molecular weight is 273 g/mol. The lowest BCUT2D eigenvalue weighted by atomic mass is 10.3. The molecule has 106 valence electrons. The first-order valence-electron chi connectivity index (χ1n) is 6.31. The van der Waals surface area contributed by atoms with Crippen LogP contribution in [0.5, 0.6) is 5.75 Å². The van der Waals surface area contributed by atoms with Gasteiger partial charge in [-0.15, -0.1) is 0 Å². The molecule has 1 heterocycles. The second-order valence-corrected chi connectivity index (χ2v) is 4.57. The minimum atomic E-state index is 0.136. The molecule has 0 aliphatic carbocycles. The first kappa shape index (κ1) is 13.9. The van der Waals surface area contributed by atoms with E-state index in [9.17, 15) is 0 Å². The second-order valence-electron chi connectivity index (χ2n) is 4.57. The molecule has 1 aliphatic rings. The molecule has 0 radical (unpaired) electrons. The molecule has 4 N–H and O–H groups in total. The molecule has 6 heteroatoms. The number of benzene rings is 1. The van der Waals surface area contributed by atoms with Gasteiger partial charge >= 0.3 is 0 Å². The summed E-state index contributed by atoms with van der Waals surface area (Å²) in [6.07, 6.45) is 2.11. The van der Waals surface area contributed by atoms with Crippen molar-refractivity contribution in [2.24, 2.45) is 21.5 Å². The summed E-state index contributed by atoms with van der Waals surface area (Å²) in [5, 5.41) is 0. The van der Waals surface area contributed by atoms with Gasteiger partial charge < -0.3 is 21.1 Å². The molecule has 2 rings (SSSR count). The topological polar surface area (TPSA) is 89.2 Å². The number of nitrogens with two attached hydrogens (primary N) is 2. The van der Waals surface area contributed by atoms with Crippen LogP contribution in [0.4, 0.5) is 5.69 Å². The van der Waals surface area contributed by atoms with Crippen molar-refractivity contribution < 1.29 is 4.74 Å². The van der Waals surface area contributed by atoms with E-state index in [1.165, 1.54) is 5.57 Å². The van der Waals surface area contributed by atoms with Gasteiger partial charge in [-0.3, -0.25) is 0 Å². The van der Waals surface area contributed by atoms with E-state index in [1.54, 1.807) is 19.2 Å². The van der Waals surface area contributed by atoms with Gasteiger partial charge in [0, 0.05) is 13.1 Å². The summed E-state index contributed by atoms with van der Waals surface area (Å²) in [6.45, 7) is 3.60. The molecule has 0 saturated carbocycles. The van der Waals surface area contributed by atoms with Gasteiger partial charge in [-0.1, -0.05) is 11.6 Å². The number of guanidine groups is 2. The zero-order chi connectivity index (χ0) is 14.5. The molecule has 0 spiro atoms. The molecule has 1 aliphatic heterocycles. The fourth-order valence-electron chi connectivity index (χ4n) is 1.87. The molecule has 0 fully saturated rings. The van der Waals surface area contributed by atoms with Gasteiger partial charge in [-0.25, -0.2) is 4.99 Å². The predicted octanol–water partition coefficient (Wildman–Crippen LogP) is 1.22. The van der Waals surface area contributed by atoms with Gasteiger partial charge in [0.1, 0.15) is 5.75 Å². The molecule has 0 aromatic heterocycles. The third-order valence-electron chi connectivity index (χ3n) is 2.97. The third-order valence-corrected chi connectivity index (χ3v) is 2.97. The summed E-state index contributed by atoms with van der Waals surface area (Å²) in [5.74, 6) is 1.29. The SMILES string of the molecule is COc1ccc(N=C(N)/N=C(\N)N2CC=C(C)C2)cc1. The van der Waals surface area contributed by atoms with Crippen LogP contribution >= 0.6 is 0 Å². The molecule has 0 bridgehead atoms. The zero-order valence-electron chi connectivity index (χ0n) is 11.7. The number of rotatable bonds is 2. The van der Waals surface area contributed by atoms with Crippen molar-refractivity contribution in [3.63, 3.8) is 0 Å². The van der Waals surface area contributed by atoms with Gasteiger partial charge in [0.2, 0.25) is 5.96 Å². The molecular formula is C14H19N5O. The molecule has 0 saturated heterocycles. The Kier molecular flexibility index (Phi) is 4.24. The van der Waals surface area contributed by atoms with Crippen molar-refractivity contribution in [2.75, 3.05) is 20.2 Å². The number of aliphatic imine (C=N–C) groups is 2.